The number of nitrogens with zero attached hydrogens (tertiary/aromatic N) is 1. The van der Waals surface area contributed by atoms with Crippen molar-refractivity contribution in [2.24, 2.45) is 5.73 Å². The maximum Gasteiger partial charge on any atom is 0.325 e. The zero-order valence-corrected chi connectivity index (χ0v) is 12.4. The highest BCUT2D eigenvalue weighted by molar-refractivity contribution is 7.80. The highest BCUT2D eigenvalue weighted by Gasteiger charge is 2.37. The molecule has 1 unspecified atom stereocenters. The lowest BCUT2D eigenvalue weighted by Crippen LogP contribution is -2.31. The third-order valence-corrected chi connectivity index (χ3v) is 3.58. The molecule has 1 saturated heterocycles. The van der Waals surface area contributed by atoms with Gasteiger partial charge < -0.3 is 11.1 Å². The van der Waals surface area contributed by atoms with Gasteiger partial charge in [-0.15, -0.1) is 0 Å². The van der Waals surface area contributed by atoms with Crippen molar-refractivity contribution >= 4 is 29.1 Å². The molecule has 1 aliphatic heterocycles. The fraction of sp³-hybridized carbons (Fsp3) is 0.357. The van der Waals surface area contributed by atoms with Crippen LogP contribution in [0, 0.1) is 5.82 Å². The monoisotopic (exact) mass is 309 g/mol. The van der Waals surface area contributed by atoms with Gasteiger partial charge in [-0.05, 0) is 24.6 Å². The molecule has 0 aromatic heterocycles. The van der Waals surface area contributed by atoms with E-state index in [2.05, 4.69) is 5.32 Å². The van der Waals surface area contributed by atoms with Crippen LogP contribution in [-0.2, 0) is 11.3 Å². The van der Waals surface area contributed by atoms with Crippen molar-refractivity contribution in [3.05, 3.63) is 35.1 Å². The van der Waals surface area contributed by atoms with Gasteiger partial charge in [-0.25, -0.2) is 9.18 Å². The largest absolute Gasteiger partial charge is 0.389 e. The molecule has 1 atom stereocenters. The smallest absolute Gasteiger partial charge is 0.325 e. The van der Waals surface area contributed by atoms with Gasteiger partial charge in [0, 0.05) is 11.1 Å². The molecule has 21 heavy (non-hydrogen) atoms. The Hall–Kier alpha value is -2.02. The number of hydrogen-bond donors (Lipinski definition) is 2. The average Bonchev–Trinajstić information content (AvgIpc) is 2.69. The fourth-order valence-electron chi connectivity index (χ4n) is 2.23. The zero-order chi connectivity index (χ0) is 15.6. The molecule has 0 bridgehead atoms. The Balaban J connectivity index is 2.22. The molecule has 1 aliphatic rings. The third-order valence-electron chi connectivity index (χ3n) is 3.34. The van der Waals surface area contributed by atoms with Crippen molar-refractivity contribution in [3.63, 3.8) is 0 Å². The van der Waals surface area contributed by atoms with Crippen molar-refractivity contribution in [2.75, 3.05) is 0 Å². The number of carbonyl (C=O) groups is 2. The van der Waals surface area contributed by atoms with Gasteiger partial charge in [-0.1, -0.05) is 25.6 Å². The number of carbonyl (C=O) groups excluding carboxylic acids is 2. The highest BCUT2D eigenvalue weighted by atomic mass is 32.1. The number of amides is 3. The third kappa shape index (κ3) is 3.18. The van der Waals surface area contributed by atoms with Crippen LogP contribution in [0.25, 0.3) is 0 Å². The molecule has 1 aromatic rings. The number of urea groups is 1. The molecule has 0 saturated carbocycles. The lowest BCUT2D eigenvalue weighted by molar-refractivity contribution is -0.128. The minimum absolute atomic E-state index is 0.132. The van der Waals surface area contributed by atoms with Crippen LogP contribution < -0.4 is 11.1 Å². The SMILES string of the molecule is CCCC1NC(=O)N(Cc2cc(C(N)=S)ccc2F)C1=O. The Labute approximate surface area is 127 Å². The maximum absolute atomic E-state index is 13.8. The number of hydrogen-bond acceptors (Lipinski definition) is 3. The first-order valence-electron chi connectivity index (χ1n) is 6.64. The normalized spacial score (nSPS) is 18.0. The molecule has 7 heteroatoms. The minimum atomic E-state index is -0.524. The summed E-state index contributed by atoms with van der Waals surface area (Å²) in [6, 6.07) is 3.13. The van der Waals surface area contributed by atoms with E-state index in [1.807, 2.05) is 6.92 Å². The van der Waals surface area contributed by atoms with Crippen LogP contribution in [0.1, 0.15) is 30.9 Å². The predicted octanol–water partition coefficient (Wildman–Crippen LogP) is 1.68. The number of rotatable bonds is 5. The summed E-state index contributed by atoms with van der Waals surface area (Å²) >= 11 is 4.84. The van der Waals surface area contributed by atoms with Crippen molar-refractivity contribution in [1.82, 2.24) is 10.2 Å². The molecule has 1 heterocycles. The van der Waals surface area contributed by atoms with Crippen molar-refractivity contribution < 1.29 is 14.0 Å². The number of imide groups is 1. The van der Waals surface area contributed by atoms with Gasteiger partial charge >= 0.3 is 6.03 Å². The van der Waals surface area contributed by atoms with E-state index in [-0.39, 0.29) is 23.0 Å². The molecule has 3 N–H and O–H groups in total. The molecule has 0 radical (unpaired) electrons. The molecule has 2 rings (SSSR count). The van der Waals surface area contributed by atoms with E-state index in [0.29, 0.717) is 12.0 Å². The lowest BCUT2D eigenvalue weighted by Gasteiger charge is -2.14. The van der Waals surface area contributed by atoms with Gasteiger partial charge in [0.1, 0.15) is 16.8 Å². The first kappa shape index (κ1) is 15.4. The summed E-state index contributed by atoms with van der Waals surface area (Å²) < 4.78 is 13.8. The predicted molar refractivity (Wildman–Crippen MR) is 80.1 cm³/mol. The molecule has 1 aromatic carbocycles. The van der Waals surface area contributed by atoms with Crippen LogP contribution >= 0.6 is 12.2 Å². The number of nitrogens with two attached hydrogens (primary N) is 1. The summed E-state index contributed by atoms with van der Waals surface area (Å²) in [5.74, 6) is -0.837. The Bertz CT molecular complexity index is 606. The van der Waals surface area contributed by atoms with Crippen LogP contribution in [-0.4, -0.2) is 27.9 Å². The van der Waals surface area contributed by atoms with Crippen LogP contribution in [0.15, 0.2) is 18.2 Å². The van der Waals surface area contributed by atoms with Gasteiger partial charge in [0.2, 0.25) is 0 Å². The second-order valence-corrected chi connectivity index (χ2v) is 5.33. The summed E-state index contributed by atoms with van der Waals surface area (Å²) in [4.78, 5) is 25.1. The minimum Gasteiger partial charge on any atom is -0.389 e. The second-order valence-electron chi connectivity index (χ2n) is 4.89. The quantitative estimate of drug-likeness (QED) is 0.641. The molecule has 112 valence electrons. The van der Waals surface area contributed by atoms with E-state index < -0.39 is 17.9 Å². The topological polar surface area (TPSA) is 75.4 Å². The molecular formula is C14H16FN3O2S. The number of nitrogens with one attached hydrogen (secondary N) is 1. The van der Waals surface area contributed by atoms with Crippen LogP contribution in [0.2, 0.25) is 0 Å². The Morgan fingerprint density at radius 3 is 2.81 bits per heavy atom. The summed E-state index contributed by atoms with van der Waals surface area (Å²) in [6.07, 6.45) is 1.34. The van der Waals surface area contributed by atoms with Crippen molar-refractivity contribution in [3.8, 4) is 0 Å². The summed E-state index contributed by atoms with van der Waals surface area (Å²) in [6.45, 7) is 1.79. The maximum atomic E-state index is 13.8. The second kappa shape index (κ2) is 6.17. The van der Waals surface area contributed by atoms with E-state index in [1.165, 1.54) is 18.2 Å². The Kier molecular flexibility index (Phi) is 4.52. The van der Waals surface area contributed by atoms with E-state index in [4.69, 9.17) is 18.0 Å². The number of halogens is 1. The molecule has 1 fully saturated rings. The van der Waals surface area contributed by atoms with Gasteiger partial charge in [-0.2, -0.15) is 0 Å². The average molecular weight is 309 g/mol. The van der Waals surface area contributed by atoms with Gasteiger partial charge in [-0.3, -0.25) is 9.69 Å². The van der Waals surface area contributed by atoms with E-state index in [0.717, 1.165) is 11.3 Å². The van der Waals surface area contributed by atoms with Gasteiger partial charge in [0.05, 0.1) is 6.54 Å². The van der Waals surface area contributed by atoms with Crippen molar-refractivity contribution in [1.29, 1.82) is 0 Å². The van der Waals surface area contributed by atoms with Crippen LogP contribution in [0.3, 0.4) is 0 Å². The molecule has 0 spiro atoms. The van der Waals surface area contributed by atoms with Crippen LogP contribution in [0.4, 0.5) is 9.18 Å². The Morgan fingerprint density at radius 2 is 2.19 bits per heavy atom. The van der Waals surface area contributed by atoms with Gasteiger partial charge in [0.25, 0.3) is 5.91 Å². The first-order chi connectivity index (χ1) is 9.93. The highest BCUT2D eigenvalue weighted by Crippen LogP contribution is 2.18. The summed E-state index contributed by atoms with van der Waals surface area (Å²) in [5.41, 5.74) is 6.21. The summed E-state index contributed by atoms with van der Waals surface area (Å²) in [7, 11) is 0. The van der Waals surface area contributed by atoms with Gasteiger partial charge in [0.15, 0.2) is 0 Å². The molecule has 0 aliphatic carbocycles. The zero-order valence-electron chi connectivity index (χ0n) is 11.6. The Morgan fingerprint density at radius 1 is 1.48 bits per heavy atom. The van der Waals surface area contributed by atoms with Crippen LogP contribution in [0.5, 0.6) is 0 Å². The molecular weight excluding hydrogens is 293 g/mol. The van der Waals surface area contributed by atoms with Crippen molar-refractivity contribution in [2.45, 2.75) is 32.4 Å². The fourth-order valence-corrected chi connectivity index (χ4v) is 2.36. The number of benzene rings is 1. The number of thiocarbonyl (C=S) groups is 1. The van der Waals surface area contributed by atoms with E-state index in [9.17, 15) is 14.0 Å². The molecule has 3 amide bonds. The van der Waals surface area contributed by atoms with E-state index in [1.54, 1.807) is 0 Å². The lowest BCUT2D eigenvalue weighted by atomic mass is 10.1. The standard InChI is InChI=1S/C14H16FN3O2S/c1-2-3-11-13(19)18(14(20)17-11)7-9-6-8(12(16)21)4-5-10(9)15/h4-6,11H,2-3,7H2,1H3,(H2,16,21)(H,17,20). The van der Waals surface area contributed by atoms with E-state index >= 15 is 0 Å². The first-order valence-corrected chi connectivity index (χ1v) is 7.05. The molecule has 5 nitrogen and oxygen atoms in total. The summed E-state index contributed by atoms with van der Waals surface area (Å²) in [5, 5.41) is 2.60.